The van der Waals surface area contributed by atoms with Crippen LogP contribution in [0.2, 0.25) is 5.02 Å². The summed E-state index contributed by atoms with van der Waals surface area (Å²) in [4.78, 5) is 14.0. The number of benzene rings is 2. The highest BCUT2D eigenvalue weighted by molar-refractivity contribution is 6.31. The molecule has 0 saturated carbocycles. The molecular weight excluding hydrogens is 414 g/mol. The molecule has 4 N–H and O–H groups in total. The predicted molar refractivity (Wildman–Crippen MR) is 113 cm³/mol. The Bertz CT molecular complexity index is 1080. The number of aromatic nitrogens is 2. The number of aromatic amines is 1. The molecular formula is C20H21ClF2N6O. The van der Waals surface area contributed by atoms with Crippen LogP contribution in [0.3, 0.4) is 0 Å². The summed E-state index contributed by atoms with van der Waals surface area (Å²) in [6, 6.07) is 6.63. The largest absolute Gasteiger partial charge is 0.355 e. The van der Waals surface area contributed by atoms with E-state index >= 15 is 0 Å². The van der Waals surface area contributed by atoms with Gasteiger partial charge in [0, 0.05) is 18.7 Å². The van der Waals surface area contributed by atoms with Crippen LogP contribution in [0.1, 0.15) is 18.4 Å². The van der Waals surface area contributed by atoms with Gasteiger partial charge >= 0.3 is 0 Å². The Balaban J connectivity index is 1.62. The second kappa shape index (κ2) is 8.95. The molecule has 0 spiro atoms. The van der Waals surface area contributed by atoms with Crippen LogP contribution in [0.4, 0.5) is 20.4 Å². The van der Waals surface area contributed by atoms with E-state index in [2.05, 4.69) is 25.2 Å². The van der Waals surface area contributed by atoms with Gasteiger partial charge in [0.05, 0.1) is 16.2 Å². The van der Waals surface area contributed by atoms with E-state index < -0.39 is 11.6 Å². The summed E-state index contributed by atoms with van der Waals surface area (Å²) in [5.41, 5.74) is 3.22. The fraction of sp³-hybridized carbons (Fsp3) is 0.300. The molecule has 30 heavy (non-hydrogen) atoms. The summed E-state index contributed by atoms with van der Waals surface area (Å²) in [6.45, 7) is 3.73. The lowest BCUT2D eigenvalue weighted by molar-refractivity contribution is 0.235. The number of aliphatic imine (C=N–C) groups is 1. The van der Waals surface area contributed by atoms with Gasteiger partial charge in [-0.3, -0.25) is 10.7 Å². The molecule has 1 saturated heterocycles. The molecule has 7 nitrogen and oxygen atoms in total. The lowest BCUT2D eigenvalue weighted by Crippen LogP contribution is -2.26. The van der Waals surface area contributed by atoms with Crippen molar-refractivity contribution in [3.63, 3.8) is 0 Å². The maximum atomic E-state index is 14.3. The Morgan fingerprint density at radius 2 is 1.97 bits per heavy atom. The number of fused-ring (bicyclic) bond motifs is 1. The number of hydrogen-bond acceptors (Lipinski definition) is 5. The number of anilines is 1. The number of imidazole rings is 1. The number of amidine groups is 1. The number of hydrogen-bond donors (Lipinski definition) is 4. The van der Waals surface area contributed by atoms with E-state index in [1.54, 1.807) is 0 Å². The van der Waals surface area contributed by atoms with Crippen LogP contribution in [-0.2, 0) is 0 Å². The first kappa shape index (κ1) is 20.5. The van der Waals surface area contributed by atoms with Crippen molar-refractivity contribution in [1.29, 1.82) is 0 Å². The molecule has 0 bridgehead atoms. The number of nitrogens with one attached hydrogen (secondary N) is 3. The van der Waals surface area contributed by atoms with Crippen molar-refractivity contribution in [2.24, 2.45) is 4.99 Å². The zero-order valence-corrected chi connectivity index (χ0v) is 16.8. The van der Waals surface area contributed by atoms with Crippen LogP contribution in [0, 0.1) is 11.6 Å². The maximum Gasteiger partial charge on any atom is 0.201 e. The van der Waals surface area contributed by atoms with E-state index in [1.165, 1.54) is 43.2 Å². The average molecular weight is 435 g/mol. The lowest BCUT2D eigenvalue weighted by Gasteiger charge is -2.14. The molecule has 158 valence electrons. The van der Waals surface area contributed by atoms with Crippen LogP contribution in [0.25, 0.3) is 11.0 Å². The number of nitrogens with zero attached hydrogens (tertiary/aromatic N) is 3. The van der Waals surface area contributed by atoms with E-state index in [9.17, 15) is 14.0 Å². The highest BCUT2D eigenvalue weighted by atomic mass is 35.5. The average Bonchev–Trinajstić information content (AvgIpc) is 3.40. The van der Waals surface area contributed by atoms with E-state index in [-0.39, 0.29) is 16.4 Å². The topological polar surface area (TPSA) is 88.6 Å². The van der Waals surface area contributed by atoms with E-state index in [1.807, 2.05) is 5.48 Å². The van der Waals surface area contributed by atoms with Crippen LogP contribution in [0.5, 0.6) is 0 Å². The van der Waals surface area contributed by atoms with Crippen LogP contribution in [0.15, 0.2) is 35.3 Å². The van der Waals surface area contributed by atoms with Gasteiger partial charge in [0.15, 0.2) is 11.7 Å². The predicted octanol–water partition coefficient (Wildman–Crippen LogP) is 4.06. The van der Waals surface area contributed by atoms with Crippen molar-refractivity contribution >= 4 is 40.1 Å². The smallest absolute Gasteiger partial charge is 0.201 e. The SMILES string of the molecule is ONC(=Nc1ccc(F)c(Cl)c1)c1ccc(F)c2nc(NCCN3CCCC3)[nH]c12. The third-order valence-corrected chi connectivity index (χ3v) is 5.31. The molecule has 0 atom stereocenters. The molecule has 1 aliphatic rings. The van der Waals surface area contributed by atoms with Crippen LogP contribution in [-0.4, -0.2) is 52.1 Å². The van der Waals surface area contributed by atoms with Crippen molar-refractivity contribution in [3.8, 4) is 0 Å². The Morgan fingerprint density at radius 3 is 2.70 bits per heavy atom. The van der Waals surface area contributed by atoms with Gasteiger partial charge in [0.1, 0.15) is 11.3 Å². The van der Waals surface area contributed by atoms with Crippen molar-refractivity contribution in [3.05, 3.63) is 52.6 Å². The van der Waals surface area contributed by atoms with Crippen LogP contribution >= 0.6 is 11.6 Å². The highest BCUT2D eigenvalue weighted by Crippen LogP contribution is 2.25. The summed E-state index contributed by atoms with van der Waals surface area (Å²) < 4.78 is 27.7. The first-order chi connectivity index (χ1) is 14.5. The monoisotopic (exact) mass is 434 g/mol. The molecule has 0 aliphatic carbocycles. The second-order valence-corrected chi connectivity index (χ2v) is 7.46. The zero-order valence-electron chi connectivity index (χ0n) is 16.1. The van der Waals surface area contributed by atoms with Gasteiger partial charge in [-0.15, -0.1) is 0 Å². The fourth-order valence-corrected chi connectivity index (χ4v) is 3.68. The summed E-state index contributed by atoms with van der Waals surface area (Å²) in [6.07, 6.45) is 2.43. The first-order valence-electron chi connectivity index (χ1n) is 9.64. The van der Waals surface area contributed by atoms with Crippen LogP contribution < -0.4 is 10.8 Å². The van der Waals surface area contributed by atoms with E-state index in [0.717, 1.165) is 19.6 Å². The Hall–Kier alpha value is -2.75. The molecule has 4 rings (SSSR count). The molecule has 2 aromatic carbocycles. The Kier molecular flexibility index (Phi) is 6.12. The second-order valence-electron chi connectivity index (χ2n) is 7.05. The molecule has 1 aromatic heterocycles. The fourth-order valence-electron chi connectivity index (χ4n) is 3.51. The highest BCUT2D eigenvalue weighted by Gasteiger charge is 2.16. The Labute approximate surface area is 176 Å². The number of halogens is 3. The van der Waals surface area contributed by atoms with Gasteiger partial charge in [-0.2, -0.15) is 0 Å². The van der Waals surface area contributed by atoms with Gasteiger partial charge < -0.3 is 15.2 Å². The summed E-state index contributed by atoms with van der Waals surface area (Å²) in [7, 11) is 0. The maximum absolute atomic E-state index is 14.3. The van der Waals surface area contributed by atoms with E-state index in [0.29, 0.717) is 29.3 Å². The van der Waals surface area contributed by atoms with Crippen molar-refractivity contribution in [2.45, 2.75) is 12.8 Å². The van der Waals surface area contributed by atoms with Gasteiger partial charge in [0.25, 0.3) is 0 Å². The first-order valence-corrected chi connectivity index (χ1v) is 10.0. The minimum absolute atomic E-state index is 0.0370. The molecule has 0 radical (unpaired) electrons. The Morgan fingerprint density at radius 1 is 1.20 bits per heavy atom. The summed E-state index contributed by atoms with van der Waals surface area (Å²) in [5, 5.41) is 12.7. The quantitative estimate of drug-likeness (QED) is 0.267. The van der Waals surface area contributed by atoms with Gasteiger partial charge in [-0.25, -0.2) is 18.8 Å². The number of H-pyrrole nitrogens is 1. The lowest BCUT2D eigenvalue weighted by atomic mass is 10.1. The van der Waals surface area contributed by atoms with Gasteiger partial charge in [0.2, 0.25) is 5.95 Å². The third-order valence-electron chi connectivity index (χ3n) is 5.02. The minimum atomic E-state index is -0.573. The summed E-state index contributed by atoms with van der Waals surface area (Å²) >= 11 is 5.80. The van der Waals surface area contributed by atoms with Crippen molar-refractivity contribution in [1.82, 2.24) is 20.3 Å². The van der Waals surface area contributed by atoms with Crippen molar-refractivity contribution < 1.29 is 14.0 Å². The molecule has 1 fully saturated rings. The number of hydroxylamine groups is 1. The van der Waals surface area contributed by atoms with Gasteiger partial charge in [-0.1, -0.05) is 11.6 Å². The summed E-state index contributed by atoms with van der Waals surface area (Å²) in [5.74, 6) is -0.608. The molecule has 3 aromatic rings. The molecule has 0 unspecified atom stereocenters. The number of likely N-dealkylation sites (tertiary alicyclic amines) is 1. The third kappa shape index (κ3) is 4.38. The van der Waals surface area contributed by atoms with E-state index in [4.69, 9.17) is 11.6 Å². The van der Waals surface area contributed by atoms with Gasteiger partial charge in [-0.05, 0) is 56.3 Å². The normalized spacial score (nSPS) is 15.1. The minimum Gasteiger partial charge on any atom is -0.355 e. The molecule has 0 amide bonds. The standard InChI is InChI=1S/C20H21ClF2N6O/c21-14-11-12(3-5-15(14)22)25-19(28-30)13-4-6-16(23)18-17(13)26-20(27-18)24-7-10-29-8-1-2-9-29/h3-6,11,30H,1-2,7-10H2,(H,25,28)(H2,24,26,27). The zero-order chi connectivity index (χ0) is 21.1. The molecule has 10 heteroatoms. The van der Waals surface area contributed by atoms with Crippen molar-refractivity contribution in [2.75, 3.05) is 31.5 Å². The molecule has 2 heterocycles. The molecule has 1 aliphatic heterocycles. The number of rotatable bonds is 6.